The minimum Gasteiger partial charge on any atom is -0.380 e. The second kappa shape index (κ2) is 7.63. The van der Waals surface area contributed by atoms with E-state index in [1.807, 2.05) is 31.2 Å². The Bertz CT molecular complexity index is 948. The summed E-state index contributed by atoms with van der Waals surface area (Å²) in [6.45, 7) is 4.42. The Morgan fingerprint density at radius 1 is 1.11 bits per heavy atom. The third-order valence-corrected chi connectivity index (χ3v) is 7.78. The molecule has 0 unspecified atom stereocenters. The van der Waals surface area contributed by atoms with E-state index in [-0.39, 0.29) is 11.5 Å². The van der Waals surface area contributed by atoms with Gasteiger partial charge in [0.2, 0.25) is 0 Å². The number of hydrogen-bond donors (Lipinski definition) is 0. The van der Waals surface area contributed by atoms with Crippen LogP contribution in [0.5, 0.6) is 0 Å². The molecule has 2 aromatic rings. The van der Waals surface area contributed by atoms with E-state index in [9.17, 15) is 13.7 Å². The molecule has 0 saturated heterocycles. The smallest absolute Gasteiger partial charge is 0.183 e. The van der Waals surface area contributed by atoms with Crippen LogP contribution in [0.25, 0.3) is 0 Å². The number of rotatable bonds is 7. The van der Waals surface area contributed by atoms with Crippen molar-refractivity contribution in [3.63, 3.8) is 0 Å². The van der Waals surface area contributed by atoms with Crippen LogP contribution in [0, 0.1) is 16.7 Å². The Labute approximate surface area is 165 Å². The maximum atomic E-state index is 13.3. The predicted octanol–water partition coefficient (Wildman–Crippen LogP) is 4.39. The molecular formula is C21H22ClNO3S. The van der Waals surface area contributed by atoms with Gasteiger partial charge in [-0.3, -0.25) is 0 Å². The highest BCUT2D eigenvalue weighted by Gasteiger charge is 2.72. The van der Waals surface area contributed by atoms with Gasteiger partial charge < -0.3 is 4.74 Å². The van der Waals surface area contributed by atoms with Crippen molar-refractivity contribution in [3.05, 3.63) is 64.7 Å². The monoisotopic (exact) mass is 403 g/mol. The quantitative estimate of drug-likeness (QED) is 0.687. The van der Waals surface area contributed by atoms with Crippen LogP contribution in [0.1, 0.15) is 30.9 Å². The van der Waals surface area contributed by atoms with Gasteiger partial charge in [-0.15, -0.1) is 0 Å². The molecule has 0 N–H and O–H groups in total. The van der Waals surface area contributed by atoms with E-state index in [0.717, 1.165) is 12.0 Å². The average molecular weight is 404 g/mol. The minimum absolute atomic E-state index is 0.0949. The highest BCUT2D eigenvalue weighted by atomic mass is 35.5. The van der Waals surface area contributed by atoms with Crippen LogP contribution in [0.15, 0.2) is 53.4 Å². The molecule has 1 saturated carbocycles. The standard InChI is InChI=1S/C21H22ClNO3S/c1-3-15-5-7-16(8-6-15)19-20(21(19,13-23)14-26-4-2)27(24,25)18-11-9-17(22)10-12-18/h5-12,19-20H,3-4,14H2,1-2H3/t19-,20+,21+/m1/s1. The zero-order valence-electron chi connectivity index (χ0n) is 15.4. The maximum absolute atomic E-state index is 13.3. The summed E-state index contributed by atoms with van der Waals surface area (Å²) < 4.78 is 32.1. The molecule has 0 bridgehead atoms. The first-order chi connectivity index (χ1) is 12.9. The molecular weight excluding hydrogens is 382 g/mol. The lowest BCUT2D eigenvalue weighted by Crippen LogP contribution is -2.19. The van der Waals surface area contributed by atoms with Crippen LogP contribution in [0.2, 0.25) is 5.02 Å². The van der Waals surface area contributed by atoms with Crippen molar-refractivity contribution in [2.45, 2.75) is 36.3 Å². The summed E-state index contributed by atoms with van der Waals surface area (Å²) in [7, 11) is -3.71. The molecule has 0 radical (unpaired) electrons. The van der Waals surface area contributed by atoms with Gasteiger partial charge in [0.1, 0.15) is 5.41 Å². The molecule has 0 aromatic heterocycles. The molecule has 0 amide bonds. The summed E-state index contributed by atoms with van der Waals surface area (Å²) in [6, 6.07) is 16.2. The Morgan fingerprint density at radius 2 is 1.74 bits per heavy atom. The number of nitriles is 1. The normalized spacial score (nSPS) is 24.4. The van der Waals surface area contributed by atoms with Crippen LogP contribution in [0.3, 0.4) is 0 Å². The summed E-state index contributed by atoms with van der Waals surface area (Å²) >= 11 is 5.89. The van der Waals surface area contributed by atoms with Gasteiger partial charge in [0.15, 0.2) is 9.84 Å². The first-order valence-electron chi connectivity index (χ1n) is 8.98. The molecule has 1 aliphatic rings. The highest BCUT2D eigenvalue weighted by Crippen LogP contribution is 2.63. The van der Waals surface area contributed by atoms with E-state index in [0.29, 0.717) is 11.6 Å². The van der Waals surface area contributed by atoms with Gasteiger partial charge in [0.05, 0.1) is 22.8 Å². The van der Waals surface area contributed by atoms with Crippen LogP contribution in [-0.4, -0.2) is 26.9 Å². The van der Waals surface area contributed by atoms with Crippen LogP contribution >= 0.6 is 11.6 Å². The fourth-order valence-corrected chi connectivity index (χ4v) is 6.11. The van der Waals surface area contributed by atoms with Gasteiger partial charge in [0.25, 0.3) is 0 Å². The fourth-order valence-electron chi connectivity index (χ4n) is 3.67. The molecule has 0 spiro atoms. The first-order valence-corrected chi connectivity index (χ1v) is 10.9. The largest absolute Gasteiger partial charge is 0.380 e. The Hall–Kier alpha value is -1.87. The summed E-state index contributed by atoms with van der Waals surface area (Å²) in [5.41, 5.74) is 0.947. The van der Waals surface area contributed by atoms with Gasteiger partial charge in [-0.05, 0) is 48.7 Å². The van der Waals surface area contributed by atoms with Crippen LogP contribution < -0.4 is 0 Å². The maximum Gasteiger partial charge on any atom is 0.183 e. The summed E-state index contributed by atoms with van der Waals surface area (Å²) in [6.07, 6.45) is 0.903. The average Bonchev–Trinajstić information content (AvgIpc) is 3.37. The number of ether oxygens (including phenoxy) is 1. The Kier molecular flexibility index (Phi) is 5.62. The van der Waals surface area contributed by atoms with Gasteiger partial charge in [-0.2, -0.15) is 5.26 Å². The van der Waals surface area contributed by atoms with Crippen molar-refractivity contribution < 1.29 is 13.2 Å². The lowest BCUT2D eigenvalue weighted by atomic mass is 10.00. The van der Waals surface area contributed by atoms with E-state index in [4.69, 9.17) is 16.3 Å². The molecule has 6 heteroatoms. The number of nitrogens with zero attached hydrogens (tertiary/aromatic N) is 1. The second-order valence-electron chi connectivity index (χ2n) is 6.78. The number of benzene rings is 2. The van der Waals surface area contributed by atoms with Crippen molar-refractivity contribution in [1.29, 1.82) is 5.26 Å². The summed E-state index contributed by atoms with van der Waals surface area (Å²) in [5, 5.41) is 9.56. The van der Waals surface area contributed by atoms with E-state index < -0.39 is 26.4 Å². The SMILES string of the molecule is CCOC[C@@]1(C#N)[C@H](c2ccc(CC)cc2)[C@@H]1S(=O)(=O)c1ccc(Cl)cc1. The van der Waals surface area contributed by atoms with Crippen molar-refractivity contribution in [2.75, 3.05) is 13.2 Å². The van der Waals surface area contributed by atoms with E-state index in [2.05, 4.69) is 13.0 Å². The third-order valence-electron chi connectivity index (χ3n) is 5.23. The minimum atomic E-state index is -3.71. The van der Waals surface area contributed by atoms with Crippen molar-refractivity contribution in [3.8, 4) is 6.07 Å². The van der Waals surface area contributed by atoms with E-state index >= 15 is 0 Å². The molecule has 3 rings (SSSR count). The van der Waals surface area contributed by atoms with E-state index in [1.54, 1.807) is 12.1 Å². The van der Waals surface area contributed by atoms with Crippen molar-refractivity contribution in [2.24, 2.45) is 5.41 Å². The molecule has 142 valence electrons. The molecule has 1 aliphatic carbocycles. The van der Waals surface area contributed by atoms with Crippen molar-refractivity contribution >= 4 is 21.4 Å². The first kappa shape index (κ1) is 19.9. The van der Waals surface area contributed by atoms with Gasteiger partial charge >= 0.3 is 0 Å². The van der Waals surface area contributed by atoms with Gasteiger partial charge in [-0.25, -0.2) is 8.42 Å². The molecule has 4 nitrogen and oxygen atoms in total. The predicted molar refractivity (Wildman–Crippen MR) is 106 cm³/mol. The Balaban J connectivity index is 2.04. The summed E-state index contributed by atoms with van der Waals surface area (Å²) in [4.78, 5) is 0.181. The molecule has 2 aromatic carbocycles. The van der Waals surface area contributed by atoms with Gasteiger partial charge in [-0.1, -0.05) is 42.8 Å². The lowest BCUT2D eigenvalue weighted by molar-refractivity contribution is 0.117. The van der Waals surface area contributed by atoms with E-state index in [1.165, 1.54) is 17.7 Å². The topological polar surface area (TPSA) is 67.2 Å². The molecule has 3 atom stereocenters. The number of halogens is 1. The molecule has 0 aliphatic heterocycles. The number of hydrogen-bond acceptors (Lipinski definition) is 4. The molecule has 1 fully saturated rings. The third kappa shape index (κ3) is 3.50. The van der Waals surface area contributed by atoms with Gasteiger partial charge in [0, 0.05) is 17.5 Å². The lowest BCUT2D eigenvalue weighted by Gasteiger charge is -2.10. The zero-order valence-corrected chi connectivity index (χ0v) is 16.9. The van der Waals surface area contributed by atoms with Crippen LogP contribution in [0.4, 0.5) is 0 Å². The molecule has 27 heavy (non-hydrogen) atoms. The van der Waals surface area contributed by atoms with Crippen LogP contribution in [-0.2, 0) is 21.0 Å². The zero-order chi connectivity index (χ0) is 19.7. The highest BCUT2D eigenvalue weighted by molar-refractivity contribution is 7.92. The number of sulfone groups is 1. The molecule has 0 heterocycles. The Morgan fingerprint density at radius 3 is 2.26 bits per heavy atom. The number of aryl methyl sites for hydroxylation is 1. The van der Waals surface area contributed by atoms with Crippen molar-refractivity contribution in [1.82, 2.24) is 0 Å². The second-order valence-corrected chi connectivity index (χ2v) is 9.29. The fraction of sp³-hybridized carbons (Fsp3) is 0.381. The summed E-state index contributed by atoms with van der Waals surface area (Å²) in [5.74, 6) is -0.416.